The van der Waals surface area contributed by atoms with E-state index in [9.17, 15) is 4.39 Å². The van der Waals surface area contributed by atoms with Crippen molar-refractivity contribution in [3.05, 3.63) is 46.6 Å². The number of benzene rings is 1. The van der Waals surface area contributed by atoms with Crippen molar-refractivity contribution in [2.24, 2.45) is 0 Å². The number of aryl methyl sites for hydroxylation is 1. The van der Waals surface area contributed by atoms with Crippen LogP contribution in [0.1, 0.15) is 17.4 Å². The second kappa shape index (κ2) is 4.46. The first-order valence-corrected chi connectivity index (χ1v) is 5.85. The van der Waals surface area contributed by atoms with Crippen molar-refractivity contribution in [3.63, 3.8) is 0 Å². The Kier molecular flexibility index (Phi) is 3.02. The van der Waals surface area contributed by atoms with Crippen LogP contribution in [-0.2, 0) is 6.42 Å². The molecule has 0 aliphatic carbocycles. The molecule has 1 heterocycles. The molecule has 1 aromatic carbocycles. The molecule has 0 spiro atoms. The maximum absolute atomic E-state index is 13.6. The van der Waals surface area contributed by atoms with Gasteiger partial charge in [0.25, 0.3) is 0 Å². The molecule has 0 amide bonds. The second-order valence-electron chi connectivity index (χ2n) is 3.44. The molecule has 1 nitrogen and oxygen atoms in total. The zero-order valence-corrected chi connectivity index (χ0v) is 9.64. The Balaban J connectivity index is 2.42. The average Bonchev–Trinajstić information content (AvgIpc) is 2.77. The highest BCUT2D eigenvalue weighted by Crippen LogP contribution is 2.28. The zero-order chi connectivity index (χ0) is 11.5. The summed E-state index contributed by atoms with van der Waals surface area (Å²) in [5, 5.41) is 8.72. The summed E-state index contributed by atoms with van der Waals surface area (Å²) >= 11 is 1.38. The van der Waals surface area contributed by atoms with Crippen molar-refractivity contribution in [1.82, 2.24) is 0 Å². The predicted octanol–water partition coefficient (Wildman–Crippen LogP) is 3.99. The normalized spacial score (nSPS) is 10.1. The summed E-state index contributed by atoms with van der Waals surface area (Å²) in [7, 11) is 0. The minimum absolute atomic E-state index is 0.174. The van der Waals surface area contributed by atoms with Crippen molar-refractivity contribution in [2.75, 3.05) is 0 Å². The smallest absolute Gasteiger partial charge is 0.127 e. The van der Waals surface area contributed by atoms with Crippen LogP contribution in [0.15, 0.2) is 30.3 Å². The Bertz CT molecular complexity index is 551. The van der Waals surface area contributed by atoms with Crippen molar-refractivity contribution in [3.8, 4) is 16.5 Å². The van der Waals surface area contributed by atoms with Gasteiger partial charge in [-0.25, -0.2) is 4.39 Å². The largest absolute Gasteiger partial charge is 0.207 e. The Morgan fingerprint density at radius 1 is 1.31 bits per heavy atom. The van der Waals surface area contributed by atoms with Crippen LogP contribution in [0.2, 0.25) is 0 Å². The van der Waals surface area contributed by atoms with Crippen LogP contribution in [0.3, 0.4) is 0 Å². The van der Waals surface area contributed by atoms with E-state index in [-0.39, 0.29) is 5.82 Å². The summed E-state index contributed by atoms with van der Waals surface area (Å²) in [5.74, 6) is -0.174. The lowest BCUT2D eigenvalue weighted by atomic mass is 10.1. The molecular weight excluding hydrogens is 221 g/mol. The van der Waals surface area contributed by atoms with Gasteiger partial charge >= 0.3 is 0 Å². The molecule has 0 saturated carbocycles. The van der Waals surface area contributed by atoms with E-state index >= 15 is 0 Å². The molecule has 0 atom stereocenters. The fourth-order valence-electron chi connectivity index (χ4n) is 1.54. The third-order valence-electron chi connectivity index (χ3n) is 2.43. The molecular formula is C13H10FNS. The number of nitrogens with zero attached hydrogens (tertiary/aromatic N) is 1. The average molecular weight is 231 g/mol. The maximum Gasteiger partial charge on any atom is 0.127 e. The predicted molar refractivity (Wildman–Crippen MR) is 63.8 cm³/mol. The number of nitriles is 1. The Morgan fingerprint density at radius 2 is 2.12 bits per heavy atom. The van der Waals surface area contributed by atoms with Crippen LogP contribution in [0.5, 0.6) is 0 Å². The summed E-state index contributed by atoms with van der Waals surface area (Å²) in [6.07, 6.45) is 0.694. The lowest BCUT2D eigenvalue weighted by Crippen LogP contribution is -1.87. The maximum atomic E-state index is 13.6. The van der Waals surface area contributed by atoms with Gasteiger partial charge in [-0.3, -0.25) is 0 Å². The molecule has 2 aromatic rings. The fraction of sp³-hybridized carbons (Fsp3) is 0.154. The van der Waals surface area contributed by atoms with E-state index in [4.69, 9.17) is 5.26 Å². The molecule has 3 heteroatoms. The summed E-state index contributed by atoms with van der Waals surface area (Å²) in [6.45, 7) is 1.93. The van der Waals surface area contributed by atoms with Crippen LogP contribution in [0.25, 0.3) is 10.4 Å². The monoisotopic (exact) mass is 231 g/mol. The van der Waals surface area contributed by atoms with Crippen molar-refractivity contribution < 1.29 is 4.39 Å². The molecule has 0 fully saturated rings. The fourth-order valence-corrected chi connectivity index (χ4v) is 2.34. The van der Waals surface area contributed by atoms with E-state index in [2.05, 4.69) is 6.07 Å². The van der Waals surface area contributed by atoms with Crippen LogP contribution in [0, 0.1) is 17.1 Å². The van der Waals surface area contributed by atoms with Gasteiger partial charge in [-0.1, -0.05) is 19.1 Å². The van der Waals surface area contributed by atoms with Gasteiger partial charge in [-0.15, -0.1) is 11.3 Å². The lowest BCUT2D eigenvalue weighted by molar-refractivity contribution is 0.613. The lowest BCUT2D eigenvalue weighted by Gasteiger charge is -2.02. The van der Waals surface area contributed by atoms with Crippen LogP contribution in [-0.4, -0.2) is 0 Å². The van der Waals surface area contributed by atoms with Gasteiger partial charge in [0.05, 0.1) is 0 Å². The first-order chi connectivity index (χ1) is 7.74. The zero-order valence-electron chi connectivity index (χ0n) is 8.83. The molecule has 0 radical (unpaired) electrons. The van der Waals surface area contributed by atoms with Crippen molar-refractivity contribution in [1.29, 1.82) is 5.26 Å². The van der Waals surface area contributed by atoms with Crippen molar-refractivity contribution >= 4 is 11.3 Å². The highest BCUT2D eigenvalue weighted by Gasteiger charge is 2.06. The van der Waals surface area contributed by atoms with E-state index in [1.54, 1.807) is 12.1 Å². The van der Waals surface area contributed by atoms with E-state index in [0.29, 0.717) is 11.3 Å². The molecule has 0 unspecified atom stereocenters. The molecule has 1 aromatic heterocycles. The molecule has 0 aliphatic rings. The van der Waals surface area contributed by atoms with E-state index in [1.807, 2.05) is 19.1 Å². The summed E-state index contributed by atoms with van der Waals surface area (Å²) in [5.41, 5.74) is 1.56. The van der Waals surface area contributed by atoms with Crippen molar-refractivity contribution in [2.45, 2.75) is 13.3 Å². The minimum Gasteiger partial charge on any atom is -0.207 e. The minimum atomic E-state index is -0.174. The number of hydrogen-bond acceptors (Lipinski definition) is 2. The standard InChI is InChI=1S/C13H10FNS/c1-2-9-3-4-10(7-12(9)14)13-6-5-11(8-15)16-13/h3-7H,2H2,1H3. The summed E-state index contributed by atoms with van der Waals surface area (Å²) in [4.78, 5) is 1.58. The third-order valence-corrected chi connectivity index (χ3v) is 3.47. The van der Waals surface area contributed by atoms with Gasteiger partial charge in [0.15, 0.2) is 0 Å². The molecule has 80 valence electrons. The highest BCUT2D eigenvalue weighted by atomic mass is 32.1. The van der Waals surface area contributed by atoms with Gasteiger partial charge in [0.2, 0.25) is 0 Å². The number of thiophene rings is 1. The Labute approximate surface area is 97.8 Å². The summed E-state index contributed by atoms with van der Waals surface area (Å²) in [6, 6.07) is 10.9. The van der Waals surface area contributed by atoms with Crippen LogP contribution >= 0.6 is 11.3 Å². The van der Waals surface area contributed by atoms with Crippen LogP contribution < -0.4 is 0 Å². The van der Waals surface area contributed by atoms with E-state index in [0.717, 1.165) is 16.0 Å². The Hall–Kier alpha value is -1.66. The van der Waals surface area contributed by atoms with Gasteiger partial charge < -0.3 is 0 Å². The Morgan fingerprint density at radius 3 is 2.69 bits per heavy atom. The van der Waals surface area contributed by atoms with Gasteiger partial charge in [-0.05, 0) is 35.7 Å². The van der Waals surface area contributed by atoms with Crippen LogP contribution in [0.4, 0.5) is 4.39 Å². The van der Waals surface area contributed by atoms with Gasteiger partial charge in [-0.2, -0.15) is 5.26 Å². The summed E-state index contributed by atoms with van der Waals surface area (Å²) < 4.78 is 13.6. The molecule has 0 N–H and O–H groups in total. The topological polar surface area (TPSA) is 23.8 Å². The molecule has 16 heavy (non-hydrogen) atoms. The van der Waals surface area contributed by atoms with E-state index < -0.39 is 0 Å². The first-order valence-electron chi connectivity index (χ1n) is 5.03. The molecule has 0 aliphatic heterocycles. The third kappa shape index (κ3) is 1.98. The molecule has 0 saturated heterocycles. The number of halogens is 1. The van der Waals surface area contributed by atoms with Gasteiger partial charge in [0, 0.05) is 4.88 Å². The molecule has 2 rings (SSSR count). The SMILES string of the molecule is CCc1ccc(-c2ccc(C#N)s2)cc1F. The van der Waals surface area contributed by atoms with Gasteiger partial charge in [0.1, 0.15) is 16.8 Å². The second-order valence-corrected chi connectivity index (χ2v) is 4.52. The number of hydrogen-bond donors (Lipinski definition) is 0. The first kappa shape index (κ1) is 10.8. The highest BCUT2D eigenvalue weighted by molar-refractivity contribution is 7.16. The number of rotatable bonds is 2. The molecule has 0 bridgehead atoms. The van der Waals surface area contributed by atoms with E-state index in [1.165, 1.54) is 17.4 Å². The quantitative estimate of drug-likeness (QED) is 0.766.